The molecule has 5 nitrogen and oxygen atoms in total. The molecule has 0 atom stereocenters. The minimum Gasteiger partial charge on any atom is -0.507 e. The molecule has 0 bridgehead atoms. The Kier molecular flexibility index (Phi) is 3.78. The smallest absolute Gasteiger partial charge is 0.275 e. The molecule has 0 aliphatic rings. The lowest BCUT2D eigenvalue weighted by molar-refractivity contribution is 0.0952. The number of carbonyl (C=O) groups excluding carboxylic acids is 1. The van der Waals surface area contributed by atoms with Crippen molar-refractivity contribution in [3.05, 3.63) is 71.9 Å². The van der Waals surface area contributed by atoms with E-state index in [4.69, 9.17) is 0 Å². The van der Waals surface area contributed by atoms with Crippen molar-refractivity contribution in [1.29, 1.82) is 0 Å². The highest BCUT2D eigenvalue weighted by Crippen LogP contribution is 2.15. The van der Waals surface area contributed by atoms with Crippen LogP contribution < -0.4 is 5.43 Å². The topological polar surface area (TPSA) is 74.6 Å². The molecule has 0 saturated carbocycles. The van der Waals surface area contributed by atoms with Crippen LogP contribution in [0.5, 0.6) is 5.75 Å². The highest BCUT2D eigenvalue weighted by Gasteiger charge is 2.08. The number of hydrazone groups is 1. The number of amides is 1. The van der Waals surface area contributed by atoms with Crippen LogP contribution in [0.25, 0.3) is 10.9 Å². The van der Waals surface area contributed by atoms with E-state index in [0.29, 0.717) is 0 Å². The van der Waals surface area contributed by atoms with Crippen molar-refractivity contribution in [3.63, 3.8) is 0 Å². The molecule has 1 amide bonds. The second-order valence-corrected chi connectivity index (χ2v) is 4.67. The second-order valence-electron chi connectivity index (χ2n) is 4.67. The van der Waals surface area contributed by atoms with Gasteiger partial charge in [0.15, 0.2) is 0 Å². The number of hydrogen-bond acceptors (Lipinski definition) is 4. The monoisotopic (exact) mass is 291 g/mol. The SMILES string of the molecule is O=C(N/N=C/c1ccc2ncccc2c1)c1ccccc1O. The number of phenolic OH excluding ortho intramolecular Hbond substituents is 1. The summed E-state index contributed by atoms with van der Waals surface area (Å²) < 4.78 is 0. The van der Waals surface area contributed by atoms with Crippen LogP contribution >= 0.6 is 0 Å². The van der Waals surface area contributed by atoms with Gasteiger partial charge in [0.25, 0.3) is 5.91 Å². The van der Waals surface area contributed by atoms with E-state index >= 15 is 0 Å². The van der Waals surface area contributed by atoms with Crippen molar-refractivity contribution in [1.82, 2.24) is 10.4 Å². The molecule has 0 spiro atoms. The second kappa shape index (κ2) is 6.05. The summed E-state index contributed by atoms with van der Waals surface area (Å²) in [6, 6.07) is 15.8. The molecule has 1 aromatic heterocycles. The van der Waals surface area contributed by atoms with E-state index in [1.165, 1.54) is 12.1 Å². The van der Waals surface area contributed by atoms with Crippen LogP contribution in [-0.2, 0) is 0 Å². The van der Waals surface area contributed by atoms with Crippen molar-refractivity contribution in [2.24, 2.45) is 5.10 Å². The third kappa shape index (κ3) is 2.93. The first-order valence-corrected chi connectivity index (χ1v) is 6.70. The molecule has 0 aliphatic heterocycles. The Morgan fingerprint density at radius 2 is 2.00 bits per heavy atom. The van der Waals surface area contributed by atoms with Gasteiger partial charge in [-0.1, -0.05) is 24.3 Å². The molecule has 1 heterocycles. The number of aromatic hydroxyl groups is 1. The lowest BCUT2D eigenvalue weighted by Gasteiger charge is -2.02. The molecule has 2 aromatic carbocycles. The molecule has 0 saturated heterocycles. The summed E-state index contributed by atoms with van der Waals surface area (Å²) >= 11 is 0. The van der Waals surface area contributed by atoms with Crippen molar-refractivity contribution < 1.29 is 9.90 Å². The Morgan fingerprint density at radius 1 is 1.14 bits per heavy atom. The van der Waals surface area contributed by atoms with Gasteiger partial charge in [-0.05, 0) is 35.9 Å². The van der Waals surface area contributed by atoms with Gasteiger partial charge in [-0.3, -0.25) is 9.78 Å². The van der Waals surface area contributed by atoms with Crippen LogP contribution in [0.3, 0.4) is 0 Å². The number of para-hydroxylation sites is 1. The standard InChI is InChI=1S/C17H13N3O2/c21-16-6-2-1-5-14(16)17(22)20-19-11-12-7-8-15-13(10-12)4-3-9-18-15/h1-11,21H,(H,20,22)/b19-11+. The largest absolute Gasteiger partial charge is 0.507 e. The van der Waals surface area contributed by atoms with E-state index < -0.39 is 5.91 Å². The maximum absolute atomic E-state index is 11.9. The van der Waals surface area contributed by atoms with E-state index in [1.807, 2.05) is 30.3 Å². The van der Waals surface area contributed by atoms with Crippen LogP contribution in [0.4, 0.5) is 0 Å². The Bertz CT molecular complexity index is 859. The highest BCUT2D eigenvalue weighted by atomic mass is 16.3. The summed E-state index contributed by atoms with van der Waals surface area (Å²) in [5, 5.41) is 14.5. The van der Waals surface area contributed by atoms with E-state index in [1.54, 1.807) is 24.5 Å². The summed E-state index contributed by atoms with van der Waals surface area (Å²) in [5.41, 5.74) is 4.32. The summed E-state index contributed by atoms with van der Waals surface area (Å²) in [6.45, 7) is 0. The normalized spacial score (nSPS) is 10.9. The Morgan fingerprint density at radius 3 is 2.86 bits per heavy atom. The maximum Gasteiger partial charge on any atom is 0.275 e. The van der Waals surface area contributed by atoms with Crippen LogP contribution in [0.1, 0.15) is 15.9 Å². The maximum atomic E-state index is 11.9. The molecule has 0 fully saturated rings. The average molecular weight is 291 g/mol. The quantitative estimate of drug-likeness (QED) is 0.575. The van der Waals surface area contributed by atoms with E-state index in [9.17, 15) is 9.90 Å². The number of aromatic nitrogens is 1. The molecular formula is C17H13N3O2. The fraction of sp³-hybridized carbons (Fsp3) is 0. The van der Waals surface area contributed by atoms with Crippen LogP contribution in [0.2, 0.25) is 0 Å². The van der Waals surface area contributed by atoms with Gasteiger partial charge in [0.1, 0.15) is 5.75 Å². The molecular weight excluding hydrogens is 278 g/mol. The van der Waals surface area contributed by atoms with Crippen LogP contribution in [-0.4, -0.2) is 22.2 Å². The predicted octanol–water partition coefficient (Wildman–Crippen LogP) is 2.70. The number of rotatable bonds is 3. The Balaban J connectivity index is 1.73. The van der Waals surface area contributed by atoms with Gasteiger partial charge in [-0.25, -0.2) is 5.43 Å². The first kappa shape index (κ1) is 13.8. The van der Waals surface area contributed by atoms with Crippen molar-refractivity contribution in [2.45, 2.75) is 0 Å². The molecule has 0 aliphatic carbocycles. The molecule has 5 heteroatoms. The molecule has 22 heavy (non-hydrogen) atoms. The fourth-order valence-corrected chi connectivity index (χ4v) is 2.07. The number of nitrogens with one attached hydrogen (secondary N) is 1. The zero-order chi connectivity index (χ0) is 15.4. The molecule has 0 radical (unpaired) electrons. The predicted molar refractivity (Wildman–Crippen MR) is 84.9 cm³/mol. The van der Waals surface area contributed by atoms with Gasteiger partial charge in [-0.2, -0.15) is 5.10 Å². The number of fused-ring (bicyclic) bond motifs is 1. The number of hydrogen-bond donors (Lipinski definition) is 2. The zero-order valence-electron chi connectivity index (χ0n) is 11.6. The third-order valence-corrected chi connectivity index (χ3v) is 3.16. The zero-order valence-corrected chi connectivity index (χ0v) is 11.6. The van der Waals surface area contributed by atoms with E-state index in [0.717, 1.165) is 16.5 Å². The first-order valence-electron chi connectivity index (χ1n) is 6.70. The molecule has 108 valence electrons. The summed E-state index contributed by atoms with van der Waals surface area (Å²) in [7, 11) is 0. The first-order chi connectivity index (χ1) is 10.7. The molecule has 3 rings (SSSR count). The van der Waals surface area contributed by atoms with Gasteiger partial charge < -0.3 is 5.11 Å². The van der Waals surface area contributed by atoms with Crippen LogP contribution in [0, 0.1) is 0 Å². The van der Waals surface area contributed by atoms with Crippen molar-refractivity contribution in [2.75, 3.05) is 0 Å². The van der Waals surface area contributed by atoms with Gasteiger partial charge in [0.2, 0.25) is 0 Å². The van der Waals surface area contributed by atoms with Gasteiger partial charge in [0, 0.05) is 11.6 Å². The Hall–Kier alpha value is -3.21. The number of phenols is 1. The van der Waals surface area contributed by atoms with Gasteiger partial charge in [0.05, 0.1) is 17.3 Å². The summed E-state index contributed by atoms with van der Waals surface area (Å²) in [4.78, 5) is 16.1. The average Bonchev–Trinajstić information content (AvgIpc) is 2.55. The number of carbonyl (C=O) groups is 1. The van der Waals surface area contributed by atoms with Crippen molar-refractivity contribution in [3.8, 4) is 5.75 Å². The minimum atomic E-state index is -0.461. The minimum absolute atomic E-state index is 0.0769. The van der Waals surface area contributed by atoms with E-state index in [2.05, 4.69) is 15.5 Å². The highest BCUT2D eigenvalue weighted by molar-refractivity contribution is 5.97. The fourth-order valence-electron chi connectivity index (χ4n) is 2.07. The van der Waals surface area contributed by atoms with Gasteiger partial charge in [-0.15, -0.1) is 0 Å². The van der Waals surface area contributed by atoms with Crippen molar-refractivity contribution >= 4 is 23.0 Å². The lowest BCUT2D eigenvalue weighted by Crippen LogP contribution is -2.17. The van der Waals surface area contributed by atoms with E-state index in [-0.39, 0.29) is 11.3 Å². The summed E-state index contributed by atoms with van der Waals surface area (Å²) in [5.74, 6) is -0.538. The number of pyridine rings is 1. The number of nitrogens with zero attached hydrogens (tertiary/aromatic N) is 2. The van der Waals surface area contributed by atoms with Crippen LogP contribution in [0.15, 0.2) is 65.9 Å². The molecule has 0 unspecified atom stereocenters. The molecule has 2 N–H and O–H groups in total. The van der Waals surface area contributed by atoms with Gasteiger partial charge >= 0.3 is 0 Å². The lowest BCUT2D eigenvalue weighted by atomic mass is 10.1. The number of benzene rings is 2. The summed E-state index contributed by atoms with van der Waals surface area (Å²) in [6.07, 6.45) is 3.28. The Labute approximate surface area is 126 Å². The molecule has 3 aromatic rings. The third-order valence-electron chi connectivity index (χ3n) is 3.16.